The summed E-state index contributed by atoms with van der Waals surface area (Å²) in [4.78, 5) is 0. The molecule has 1 aliphatic rings. The van der Waals surface area contributed by atoms with Crippen LogP contribution in [0.3, 0.4) is 0 Å². The Balaban J connectivity index is 2.38. The van der Waals surface area contributed by atoms with Gasteiger partial charge < -0.3 is 11.5 Å². The van der Waals surface area contributed by atoms with Gasteiger partial charge >= 0.3 is 0 Å². The molecule has 0 radical (unpaired) electrons. The van der Waals surface area contributed by atoms with E-state index in [9.17, 15) is 0 Å². The Labute approximate surface area is 69.3 Å². The molecule has 1 fully saturated rings. The van der Waals surface area contributed by atoms with Crippen molar-refractivity contribution in [2.24, 2.45) is 23.3 Å². The summed E-state index contributed by atoms with van der Waals surface area (Å²) in [5.41, 5.74) is 12.0. The molecule has 0 saturated heterocycles. The summed E-state index contributed by atoms with van der Waals surface area (Å²) in [7, 11) is 0. The van der Waals surface area contributed by atoms with Crippen molar-refractivity contribution in [1.29, 1.82) is 0 Å². The highest BCUT2D eigenvalue weighted by Crippen LogP contribution is 2.50. The molecule has 11 heavy (non-hydrogen) atoms. The highest BCUT2D eigenvalue weighted by atomic mass is 14.9. The third-order valence-electron chi connectivity index (χ3n) is 3.48. The van der Waals surface area contributed by atoms with Crippen LogP contribution in [0.4, 0.5) is 0 Å². The summed E-state index contributed by atoms with van der Waals surface area (Å²) in [6.07, 6.45) is 2.03. The van der Waals surface area contributed by atoms with E-state index in [0.717, 1.165) is 12.8 Å². The third-order valence-corrected chi connectivity index (χ3v) is 3.48. The van der Waals surface area contributed by atoms with Gasteiger partial charge in [0.15, 0.2) is 0 Å². The predicted octanol–water partition coefficient (Wildman–Crippen LogP) is 1.10. The fourth-order valence-electron chi connectivity index (χ4n) is 1.86. The Bertz CT molecular complexity index is 136. The van der Waals surface area contributed by atoms with Crippen molar-refractivity contribution >= 4 is 0 Å². The van der Waals surface area contributed by atoms with Crippen LogP contribution >= 0.6 is 0 Å². The Morgan fingerprint density at radius 3 is 2.09 bits per heavy atom. The van der Waals surface area contributed by atoms with Gasteiger partial charge in [-0.15, -0.1) is 0 Å². The highest BCUT2D eigenvalue weighted by molar-refractivity contribution is 5.12. The average Bonchev–Trinajstić information content (AvgIpc) is 2.41. The molecule has 66 valence electrons. The van der Waals surface area contributed by atoms with Crippen LogP contribution in [0.5, 0.6) is 0 Å². The molecule has 0 aromatic heterocycles. The molecule has 3 atom stereocenters. The van der Waals surface area contributed by atoms with Crippen molar-refractivity contribution in [3.63, 3.8) is 0 Å². The van der Waals surface area contributed by atoms with Gasteiger partial charge in [0.2, 0.25) is 0 Å². The lowest BCUT2D eigenvalue weighted by Gasteiger charge is -2.15. The summed E-state index contributed by atoms with van der Waals surface area (Å²) >= 11 is 0. The minimum atomic E-state index is 0.0649. The van der Waals surface area contributed by atoms with Gasteiger partial charge in [-0.2, -0.15) is 0 Å². The van der Waals surface area contributed by atoms with Gasteiger partial charge in [-0.05, 0) is 24.7 Å². The lowest BCUT2D eigenvalue weighted by Crippen LogP contribution is -2.35. The Kier molecular flexibility index (Phi) is 2.26. The van der Waals surface area contributed by atoms with Gasteiger partial charge in [-0.3, -0.25) is 0 Å². The summed E-state index contributed by atoms with van der Waals surface area (Å²) in [5.74, 6) is 1.33. The van der Waals surface area contributed by atoms with E-state index in [4.69, 9.17) is 11.5 Å². The smallest absolute Gasteiger partial charge is 0.0227 e. The first kappa shape index (κ1) is 9.01. The number of hydrogen-bond acceptors (Lipinski definition) is 2. The second kappa shape index (κ2) is 2.76. The molecule has 0 aromatic rings. The van der Waals surface area contributed by atoms with E-state index in [2.05, 4.69) is 20.8 Å². The number of nitrogens with two attached hydrogens (primary N) is 2. The SMILES string of the molecule is CCC(N)CC1(N)C(C)C1C. The molecule has 1 saturated carbocycles. The molecule has 1 rings (SSSR count). The molecule has 3 unspecified atom stereocenters. The first-order valence-corrected chi connectivity index (χ1v) is 4.56. The summed E-state index contributed by atoms with van der Waals surface area (Å²) in [6, 6.07) is 0.299. The Hall–Kier alpha value is -0.0800. The molecule has 0 aliphatic heterocycles. The minimum absolute atomic E-state index is 0.0649. The van der Waals surface area contributed by atoms with Crippen LogP contribution in [0.2, 0.25) is 0 Å². The van der Waals surface area contributed by atoms with Gasteiger partial charge in [0, 0.05) is 11.6 Å². The van der Waals surface area contributed by atoms with Gasteiger partial charge in [0.25, 0.3) is 0 Å². The quantitative estimate of drug-likeness (QED) is 0.643. The summed E-state index contributed by atoms with van der Waals surface area (Å²) < 4.78 is 0. The van der Waals surface area contributed by atoms with Gasteiger partial charge in [-0.1, -0.05) is 20.8 Å². The lowest BCUT2D eigenvalue weighted by molar-refractivity contribution is 0.464. The van der Waals surface area contributed by atoms with E-state index in [1.165, 1.54) is 0 Å². The molecular formula is C9H20N2. The normalized spacial score (nSPS) is 45.5. The van der Waals surface area contributed by atoms with Crippen LogP contribution in [0, 0.1) is 11.8 Å². The zero-order valence-corrected chi connectivity index (χ0v) is 7.80. The zero-order valence-electron chi connectivity index (χ0n) is 7.80. The van der Waals surface area contributed by atoms with Crippen molar-refractivity contribution < 1.29 is 0 Å². The van der Waals surface area contributed by atoms with E-state index in [0.29, 0.717) is 17.9 Å². The maximum atomic E-state index is 6.13. The van der Waals surface area contributed by atoms with E-state index < -0.39 is 0 Å². The molecule has 0 spiro atoms. The van der Waals surface area contributed by atoms with E-state index in [1.807, 2.05) is 0 Å². The van der Waals surface area contributed by atoms with Crippen molar-refractivity contribution in [1.82, 2.24) is 0 Å². The molecule has 0 aromatic carbocycles. The molecule has 0 heterocycles. The molecule has 0 bridgehead atoms. The van der Waals surface area contributed by atoms with Crippen LogP contribution in [-0.4, -0.2) is 11.6 Å². The molecule has 1 aliphatic carbocycles. The van der Waals surface area contributed by atoms with E-state index in [1.54, 1.807) is 0 Å². The fraction of sp³-hybridized carbons (Fsp3) is 1.00. The van der Waals surface area contributed by atoms with Crippen molar-refractivity contribution in [3.8, 4) is 0 Å². The molecule has 2 nitrogen and oxygen atoms in total. The predicted molar refractivity (Wildman–Crippen MR) is 48.1 cm³/mol. The second-order valence-electron chi connectivity index (χ2n) is 4.06. The first-order chi connectivity index (χ1) is 5.02. The summed E-state index contributed by atoms with van der Waals surface area (Å²) in [6.45, 7) is 6.55. The molecule has 2 heteroatoms. The summed E-state index contributed by atoms with van der Waals surface area (Å²) in [5, 5.41) is 0. The van der Waals surface area contributed by atoms with Gasteiger partial charge in [0.05, 0.1) is 0 Å². The Morgan fingerprint density at radius 1 is 1.36 bits per heavy atom. The monoisotopic (exact) mass is 156 g/mol. The van der Waals surface area contributed by atoms with Crippen LogP contribution in [-0.2, 0) is 0 Å². The van der Waals surface area contributed by atoms with Crippen molar-refractivity contribution in [3.05, 3.63) is 0 Å². The van der Waals surface area contributed by atoms with E-state index in [-0.39, 0.29) is 5.54 Å². The van der Waals surface area contributed by atoms with Crippen molar-refractivity contribution in [2.45, 2.75) is 45.2 Å². The standard InChI is InChI=1S/C9H20N2/c1-4-8(10)5-9(11)6(2)7(9)3/h6-8H,4-5,10-11H2,1-3H3. The van der Waals surface area contributed by atoms with Crippen LogP contribution in [0.15, 0.2) is 0 Å². The Morgan fingerprint density at radius 2 is 1.82 bits per heavy atom. The molecular weight excluding hydrogens is 136 g/mol. The van der Waals surface area contributed by atoms with Gasteiger partial charge in [-0.25, -0.2) is 0 Å². The van der Waals surface area contributed by atoms with Crippen LogP contribution in [0.25, 0.3) is 0 Å². The highest BCUT2D eigenvalue weighted by Gasteiger charge is 2.56. The lowest BCUT2D eigenvalue weighted by atomic mass is 10.0. The maximum absolute atomic E-state index is 6.13. The number of hydrogen-bond donors (Lipinski definition) is 2. The number of rotatable bonds is 3. The maximum Gasteiger partial charge on any atom is 0.0227 e. The third kappa shape index (κ3) is 1.42. The zero-order chi connectivity index (χ0) is 8.65. The van der Waals surface area contributed by atoms with Crippen molar-refractivity contribution in [2.75, 3.05) is 0 Å². The van der Waals surface area contributed by atoms with Crippen LogP contribution < -0.4 is 11.5 Å². The molecule has 4 N–H and O–H groups in total. The largest absolute Gasteiger partial charge is 0.328 e. The molecule has 0 amide bonds. The first-order valence-electron chi connectivity index (χ1n) is 4.56. The average molecular weight is 156 g/mol. The van der Waals surface area contributed by atoms with Crippen LogP contribution in [0.1, 0.15) is 33.6 Å². The fourth-order valence-corrected chi connectivity index (χ4v) is 1.86. The van der Waals surface area contributed by atoms with E-state index >= 15 is 0 Å². The topological polar surface area (TPSA) is 52.0 Å². The second-order valence-corrected chi connectivity index (χ2v) is 4.06. The minimum Gasteiger partial charge on any atom is -0.328 e. The van der Waals surface area contributed by atoms with Gasteiger partial charge in [0.1, 0.15) is 0 Å².